The lowest BCUT2D eigenvalue weighted by Gasteiger charge is -2.39. The number of nitrogens with zero attached hydrogens (tertiary/aromatic N) is 2. The number of rotatable bonds is 1. The fraction of sp³-hybridized carbons (Fsp3) is 0.615. The third kappa shape index (κ3) is 2.41. The molecular formula is C13H17N3O3. The number of amides is 3. The Morgan fingerprint density at radius 3 is 2.58 bits per heavy atom. The van der Waals surface area contributed by atoms with Gasteiger partial charge in [-0.05, 0) is 25.7 Å². The lowest BCUT2D eigenvalue weighted by atomic mass is 9.79. The largest absolute Gasteiger partial charge is 0.465 e. The van der Waals surface area contributed by atoms with Gasteiger partial charge in [-0.2, -0.15) is 5.26 Å². The molecular weight excluding hydrogens is 246 g/mol. The molecule has 1 heterocycles. The van der Waals surface area contributed by atoms with E-state index >= 15 is 0 Å². The highest BCUT2D eigenvalue weighted by Gasteiger charge is 2.42. The Bertz CT molecular complexity index is 472. The first-order valence-corrected chi connectivity index (χ1v) is 6.50. The van der Waals surface area contributed by atoms with Crippen molar-refractivity contribution >= 4 is 12.1 Å². The van der Waals surface area contributed by atoms with Gasteiger partial charge in [-0.3, -0.25) is 0 Å². The Kier molecular flexibility index (Phi) is 3.74. The van der Waals surface area contributed by atoms with Crippen LogP contribution in [0.1, 0.15) is 39.0 Å². The molecule has 0 saturated heterocycles. The number of nitriles is 1. The first-order valence-electron chi connectivity index (χ1n) is 6.50. The number of carbonyl (C=O) groups is 2. The van der Waals surface area contributed by atoms with Crippen molar-refractivity contribution in [2.45, 2.75) is 45.1 Å². The summed E-state index contributed by atoms with van der Waals surface area (Å²) in [7, 11) is 0. The van der Waals surface area contributed by atoms with Gasteiger partial charge in [0.2, 0.25) is 0 Å². The van der Waals surface area contributed by atoms with Crippen molar-refractivity contribution in [1.82, 2.24) is 10.2 Å². The summed E-state index contributed by atoms with van der Waals surface area (Å²) in [4.78, 5) is 23.9. The van der Waals surface area contributed by atoms with Crippen LogP contribution in [0.25, 0.3) is 0 Å². The summed E-state index contributed by atoms with van der Waals surface area (Å²) in [6.45, 7) is 1.64. The van der Waals surface area contributed by atoms with Crippen LogP contribution in [0.2, 0.25) is 0 Å². The molecule has 1 saturated carbocycles. The predicted molar refractivity (Wildman–Crippen MR) is 67.1 cm³/mol. The SMILES string of the molecule is CC1=C(C#N)C(C2CCCCC2)N(C(=O)O)C(=O)N1. The lowest BCUT2D eigenvalue weighted by Crippen LogP contribution is -2.56. The second-order valence-corrected chi connectivity index (χ2v) is 5.08. The van der Waals surface area contributed by atoms with E-state index < -0.39 is 18.2 Å². The Labute approximate surface area is 111 Å². The van der Waals surface area contributed by atoms with Gasteiger partial charge in [0.05, 0.1) is 17.7 Å². The molecule has 6 heteroatoms. The van der Waals surface area contributed by atoms with E-state index in [1.807, 2.05) is 0 Å². The van der Waals surface area contributed by atoms with Crippen LogP contribution in [0.4, 0.5) is 9.59 Å². The van der Waals surface area contributed by atoms with E-state index in [9.17, 15) is 20.0 Å². The number of hydrogen-bond donors (Lipinski definition) is 2. The van der Waals surface area contributed by atoms with Gasteiger partial charge in [-0.25, -0.2) is 14.5 Å². The Hall–Kier alpha value is -2.03. The van der Waals surface area contributed by atoms with Crippen molar-refractivity contribution in [2.24, 2.45) is 5.92 Å². The molecule has 0 aromatic heterocycles. The second-order valence-electron chi connectivity index (χ2n) is 5.08. The van der Waals surface area contributed by atoms with Gasteiger partial charge in [-0.1, -0.05) is 19.3 Å². The molecule has 2 aliphatic rings. The topological polar surface area (TPSA) is 93.4 Å². The molecule has 0 aromatic carbocycles. The maximum absolute atomic E-state index is 11.9. The summed E-state index contributed by atoms with van der Waals surface area (Å²) in [5.41, 5.74) is 0.842. The molecule has 19 heavy (non-hydrogen) atoms. The van der Waals surface area contributed by atoms with Gasteiger partial charge in [-0.15, -0.1) is 0 Å². The Morgan fingerprint density at radius 1 is 1.42 bits per heavy atom. The van der Waals surface area contributed by atoms with E-state index in [0.717, 1.165) is 37.0 Å². The molecule has 0 radical (unpaired) electrons. The Balaban J connectivity index is 2.41. The summed E-state index contributed by atoms with van der Waals surface area (Å²) in [5, 5.41) is 21.0. The molecule has 1 atom stereocenters. The van der Waals surface area contributed by atoms with Gasteiger partial charge < -0.3 is 10.4 Å². The van der Waals surface area contributed by atoms with Gasteiger partial charge in [0, 0.05) is 5.70 Å². The highest BCUT2D eigenvalue weighted by molar-refractivity contribution is 5.93. The van der Waals surface area contributed by atoms with E-state index in [-0.39, 0.29) is 5.92 Å². The number of urea groups is 1. The molecule has 0 spiro atoms. The molecule has 1 aliphatic carbocycles. The van der Waals surface area contributed by atoms with Gasteiger partial charge in [0.1, 0.15) is 0 Å². The maximum Gasteiger partial charge on any atom is 0.416 e. The minimum absolute atomic E-state index is 0.0560. The molecule has 1 fully saturated rings. The fourth-order valence-electron chi connectivity index (χ4n) is 3.02. The third-order valence-corrected chi connectivity index (χ3v) is 3.91. The lowest BCUT2D eigenvalue weighted by molar-refractivity contribution is 0.115. The van der Waals surface area contributed by atoms with Crippen LogP contribution in [-0.2, 0) is 0 Å². The molecule has 6 nitrogen and oxygen atoms in total. The smallest absolute Gasteiger partial charge is 0.416 e. The van der Waals surface area contributed by atoms with E-state index in [1.165, 1.54) is 0 Å². The van der Waals surface area contributed by atoms with Crippen LogP contribution in [0.5, 0.6) is 0 Å². The van der Waals surface area contributed by atoms with Gasteiger partial charge in [0.15, 0.2) is 0 Å². The van der Waals surface area contributed by atoms with Gasteiger partial charge >= 0.3 is 12.1 Å². The molecule has 1 aliphatic heterocycles. The number of nitrogens with one attached hydrogen (secondary N) is 1. The molecule has 1 unspecified atom stereocenters. The van der Waals surface area contributed by atoms with Crippen molar-refractivity contribution in [2.75, 3.05) is 0 Å². The van der Waals surface area contributed by atoms with Crippen molar-refractivity contribution in [1.29, 1.82) is 5.26 Å². The summed E-state index contributed by atoms with van der Waals surface area (Å²) < 4.78 is 0. The van der Waals surface area contributed by atoms with Crippen molar-refractivity contribution < 1.29 is 14.7 Å². The van der Waals surface area contributed by atoms with Crippen LogP contribution >= 0.6 is 0 Å². The molecule has 102 valence electrons. The molecule has 0 bridgehead atoms. The zero-order valence-corrected chi connectivity index (χ0v) is 10.8. The average Bonchev–Trinajstić information content (AvgIpc) is 2.38. The minimum atomic E-state index is -1.30. The molecule has 3 amide bonds. The van der Waals surface area contributed by atoms with Gasteiger partial charge in [0.25, 0.3) is 0 Å². The standard InChI is InChI=1S/C13H17N3O3/c1-8-10(7-14)11(9-5-3-2-4-6-9)16(13(18)19)12(17)15-8/h9,11H,2-6H2,1H3,(H,15,17)(H,18,19). The van der Waals surface area contributed by atoms with Crippen LogP contribution in [0.15, 0.2) is 11.3 Å². The minimum Gasteiger partial charge on any atom is -0.465 e. The first kappa shape index (κ1) is 13.4. The summed E-state index contributed by atoms with van der Waals surface area (Å²) in [5.74, 6) is 0.0560. The summed E-state index contributed by atoms with van der Waals surface area (Å²) >= 11 is 0. The zero-order valence-electron chi connectivity index (χ0n) is 10.8. The highest BCUT2D eigenvalue weighted by Crippen LogP contribution is 2.34. The first-order chi connectivity index (χ1) is 9.06. The van der Waals surface area contributed by atoms with Crippen molar-refractivity contribution in [3.63, 3.8) is 0 Å². The fourth-order valence-corrected chi connectivity index (χ4v) is 3.02. The van der Waals surface area contributed by atoms with Crippen LogP contribution in [0.3, 0.4) is 0 Å². The van der Waals surface area contributed by atoms with Crippen LogP contribution < -0.4 is 5.32 Å². The van der Waals surface area contributed by atoms with Crippen molar-refractivity contribution in [3.05, 3.63) is 11.3 Å². The number of allylic oxidation sites excluding steroid dienone is 1. The van der Waals surface area contributed by atoms with Crippen molar-refractivity contribution in [3.8, 4) is 6.07 Å². The monoisotopic (exact) mass is 263 g/mol. The van der Waals surface area contributed by atoms with Crippen LogP contribution in [0, 0.1) is 17.2 Å². The predicted octanol–water partition coefficient (Wildman–Crippen LogP) is 2.44. The maximum atomic E-state index is 11.9. The number of carboxylic acid groups (broad SMARTS) is 1. The van der Waals surface area contributed by atoms with E-state index in [0.29, 0.717) is 11.3 Å². The third-order valence-electron chi connectivity index (χ3n) is 3.91. The Morgan fingerprint density at radius 2 is 2.05 bits per heavy atom. The molecule has 2 rings (SSSR count). The average molecular weight is 263 g/mol. The number of carbonyl (C=O) groups excluding carboxylic acids is 1. The number of hydrogen-bond acceptors (Lipinski definition) is 3. The highest BCUT2D eigenvalue weighted by atomic mass is 16.4. The number of imide groups is 1. The van der Waals surface area contributed by atoms with Crippen LogP contribution in [-0.4, -0.2) is 28.2 Å². The normalized spacial score (nSPS) is 24.9. The zero-order chi connectivity index (χ0) is 14.0. The summed E-state index contributed by atoms with van der Waals surface area (Å²) in [6, 6.07) is 0.785. The second kappa shape index (κ2) is 5.31. The van der Waals surface area contributed by atoms with E-state index in [4.69, 9.17) is 0 Å². The molecule has 2 N–H and O–H groups in total. The van der Waals surface area contributed by atoms with E-state index in [2.05, 4.69) is 11.4 Å². The summed E-state index contributed by atoms with van der Waals surface area (Å²) in [6.07, 6.45) is 3.60. The van der Waals surface area contributed by atoms with E-state index in [1.54, 1.807) is 6.92 Å². The molecule has 0 aromatic rings. The quantitative estimate of drug-likeness (QED) is 0.759.